The fourth-order valence-electron chi connectivity index (χ4n) is 3.95. The van der Waals surface area contributed by atoms with Crippen molar-refractivity contribution >= 4 is 5.91 Å². The number of hydrogen-bond donors (Lipinski definition) is 1. The Balaban J connectivity index is 1.47. The minimum absolute atomic E-state index is 0.230. The lowest BCUT2D eigenvalue weighted by molar-refractivity contribution is -0.140. The Morgan fingerprint density at radius 3 is 2.74 bits per heavy atom. The summed E-state index contributed by atoms with van der Waals surface area (Å²) < 4.78 is 5.81. The van der Waals surface area contributed by atoms with E-state index in [1.807, 2.05) is 0 Å². The van der Waals surface area contributed by atoms with E-state index in [9.17, 15) is 4.79 Å². The highest BCUT2D eigenvalue weighted by atomic mass is 16.5. The molecule has 0 radical (unpaired) electrons. The predicted molar refractivity (Wildman–Crippen MR) is 73.9 cm³/mol. The van der Waals surface area contributed by atoms with Gasteiger partial charge in [0.05, 0.1) is 6.10 Å². The number of ether oxygens (including phenoxy) is 1. The molecular formula is C15H26N2O2. The van der Waals surface area contributed by atoms with Crippen molar-refractivity contribution in [3.05, 3.63) is 0 Å². The summed E-state index contributed by atoms with van der Waals surface area (Å²) in [6.45, 7) is 3.30. The van der Waals surface area contributed by atoms with Crippen LogP contribution in [0.25, 0.3) is 0 Å². The van der Waals surface area contributed by atoms with Crippen LogP contribution in [0, 0.1) is 5.92 Å². The molecule has 1 N–H and O–H groups in total. The van der Waals surface area contributed by atoms with Crippen molar-refractivity contribution < 1.29 is 9.53 Å². The second-order valence-corrected chi connectivity index (χ2v) is 6.25. The van der Waals surface area contributed by atoms with Crippen LogP contribution in [0.4, 0.5) is 0 Å². The summed E-state index contributed by atoms with van der Waals surface area (Å²) in [4.78, 5) is 14.4. The van der Waals surface area contributed by atoms with Crippen LogP contribution in [-0.2, 0) is 9.53 Å². The molecule has 3 fully saturated rings. The molecule has 2 atom stereocenters. The Kier molecular flexibility index (Phi) is 4.38. The predicted octanol–water partition coefficient (Wildman–Crippen LogP) is 1.55. The summed E-state index contributed by atoms with van der Waals surface area (Å²) >= 11 is 0. The number of nitrogens with zero attached hydrogens (tertiary/aromatic N) is 1. The van der Waals surface area contributed by atoms with Crippen molar-refractivity contribution in [3.63, 3.8) is 0 Å². The zero-order valence-electron chi connectivity index (χ0n) is 11.8. The Morgan fingerprint density at radius 1 is 1.11 bits per heavy atom. The van der Waals surface area contributed by atoms with E-state index in [2.05, 4.69) is 10.2 Å². The third kappa shape index (κ3) is 3.11. The molecule has 1 aliphatic carbocycles. The van der Waals surface area contributed by atoms with Crippen molar-refractivity contribution in [3.8, 4) is 0 Å². The maximum atomic E-state index is 12.3. The number of piperidine rings is 1. The number of rotatable bonds is 3. The van der Waals surface area contributed by atoms with Crippen LogP contribution in [0.3, 0.4) is 0 Å². The second kappa shape index (κ2) is 6.23. The Bertz CT molecular complexity index is 315. The largest absolute Gasteiger partial charge is 0.368 e. The van der Waals surface area contributed by atoms with Gasteiger partial charge in [0.15, 0.2) is 0 Å². The molecule has 3 aliphatic rings. The van der Waals surface area contributed by atoms with Gasteiger partial charge in [-0.05, 0) is 51.1 Å². The van der Waals surface area contributed by atoms with E-state index < -0.39 is 0 Å². The van der Waals surface area contributed by atoms with Gasteiger partial charge in [0.2, 0.25) is 5.91 Å². The van der Waals surface area contributed by atoms with Crippen LogP contribution in [0.5, 0.6) is 0 Å². The fraction of sp³-hybridized carbons (Fsp3) is 0.933. The fourth-order valence-corrected chi connectivity index (χ4v) is 3.95. The SMILES string of the molecule is O=C(COC1CCNCC1)N1CCC2CCCCC21. The second-order valence-electron chi connectivity index (χ2n) is 6.25. The summed E-state index contributed by atoms with van der Waals surface area (Å²) in [5.74, 6) is 1.00. The first-order chi connectivity index (χ1) is 9.34. The molecule has 1 saturated carbocycles. The van der Waals surface area contributed by atoms with Gasteiger partial charge in [-0.2, -0.15) is 0 Å². The molecule has 1 amide bonds. The van der Waals surface area contributed by atoms with Gasteiger partial charge in [-0.25, -0.2) is 0 Å². The lowest BCUT2D eigenvalue weighted by Gasteiger charge is -2.32. The lowest BCUT2D eigenvalue weighted by atomic mass is 9.85. The van der Waals surface area contributed by atoms with Gasteiger partial charge in [0.25, 0.3) is 0 Å². The minimum atomic E-state index is 0.230. The number of carbonyl (C=O) groups is 1. The van der Waals surface area contributed by atoms with Crippen molar-refractivity contribution in [2.45, 2.75) is 57.1 Å². The molecule has 2 heterocycles. The molecule has 2 saturated heterocycles. The molecule has 0 aromatic heterocycles. The van der Waals surface area contributed by atoms with Gasteiger partial charge in [0, 0.05) is 12.6 Å². The molecule has 108 valence electrons. The number of carbonyl (C=O) groups excluding carboxylic acids is 1. The standard InChI is InChI=1S/C15H26N2O2/c18-15(11-19-13-5-8-16-9-6-13)17-10-7-12-3-1-2-4-14(12)17/h12-14,16H,1-11H2. The number of nitrogens with one attached hydrogen (secondary N) is 1. The molecule has 0 spiro atoms. The average Bonchev–Trinajstić information content (AvgIpc) is 2.90. The molecular weight excluding hydrogens is 240 g/mol. The minimum Gasteiger partial charge on any atom is -0.368 e. The van der Waals surface area contributed by atoms with Gasteiger partial charge in [0.1, 0.15) is 6.61 Å². The van der Waals surface area contributed by atoms with Crippen LogP contribution >= 0.6 is 0 Å². The highest BCUT2D eigenvalue weighted by Crippen LogP contribution is 2.36. The summed E-state index contributed by atoms with van der Waals surface area (Å²) in [5.41, 5.74) is 0. The number of hydrogen-bond acceptors (Lipinski definition) is 3. The topological polar surface area (TPSA) is 41.6 Å². The van der Waals surface area contributed by atoms with Gasteiger partial charge >= 0.3 is 0 Å². The van der Waals surface area contributed by atoms with E-state index in [4.69, 9.17) is 4.74 Å². The molecule has 0 bridgehead atoms. The molecule has 4 heteroatoms. The van der Waals surface area contributed by atoms with E-state index in [-0.39, 0.29) is 12.0 Å². The van der Waals surface area contributed by atoms with Crippen LogP contribution < -0.4 is 5.32 Å². The zero-order valence-corrected chi connectivity index (χ0v) is 11.8. The first-order valence-corrected chi connectivity index (χ1v) is 7.96. The van der Waals surface area contributed by atoms with Gasteiger partial charge in [-0.1, -0.05) is 12.8 Å². The monoisotopic (exact) mass is 266 g/mol. The number of fused-ring (bicyclic) bond motifs is 1. The summed E-state index contributed by atoms with van der Waals surface area (Å²) in [6.07, 6.45) is 8.76. The van der Waals surface area contributed by atoms with Crippen LogP contribution in [0.1, 0.15) is 44.9 Å². The van der Waals surface area contributed by atoms with Crippen LogP contribution in [0.15, 0.2) is 0 Å². The summed E-state index contributed by atoms with van der Waals surface area (Å²) in [5, 5.41) is 3.32. The van der Waals surface area contributed by atoms with E-state index in [0.29, 0.717) is 12.6 Å². The van der Waals surface area contributed by atoms with Crippen molar-refractivity contribution in [1.82, 2.24) is 10.2 Å². The third-order valence-electron chi connectivity index (χ3n) is 5.06. The Labute approximate surface area is 115 Å². The summed E-state index contributed by atoms with van der Waals surface area (Å²) in [6, 6.07) is 0.526. The molecule has 0 aromatic carbocycles. The lowest BCUT2D eigenvalue weighted by Crippen LogP contribution is -2.42. The molecule has 0 aromatic rings. The van der Waals surface area contributed by atoms with Gasteiger partial charge in [-0.15, -0.1) is 0 Å². The third-order valence-corrected chi connectivity index (χ3v) is 5.06. The van der Waals surface area contributed by atoms with Gasteiger partial charge in [-0.3, -0.25) is 4.79 Å². The normalized spacial score (nSPS) is 32.3. The number of amides is 1. The maximum absolute atomic E-state index is 12.3. The average molecular weight is 266 g/mol. The smallest absolute Gasteiger partial charge is 0.248 e. The van der Waals surface area contributed by atoms with E-state index in [0.717, 1.165) is 38.4 Å². The summed E-state index contributed by atoms with van der Waals surface area (Å²) in [7, 11) is 0. The van der Waals surface area contributed by atoms with Gasteiger partial charge < -0.3 is 15.0 Å². The van der Waals surface area contributed by atoms with E-state index in [1.165, 1.54) is 32.1 Å². The molecule has 2 aliphatic heterocycles. The van der Waals surface area contributed by atoms with Crippen LogP contribution in [-0.4, -0.2) is 49.2 Å². The highest BCUT2D eigenvalue weighted by molar-refractivity contribution is 5.78. The quantitative estimate of drug-likeness (QED) is 0.842. The molecule has 4 nitrogen and oxygen atoms in total. The zero-order chi connectivity index (χ0) is 13.1. The highest BCUT2D eigenvalue weighted by Gasteiger charge is 2.38. The van der Waals surface area contributed by atoms with E-state index >= 15 is 0 Å². The van der Waals surface area contributed by atoms with E-state index in [1.54, 1.807) is 0 Å². The number of likely N-dealkylation sites (tertiary alicyclic amines) is 1. The molecule has 3 rings (SSSR count). The first-order valence-electron chi connectivity index (χ1n) is 7.96. The van der Waals surface area contributed by atoms with Crippen molar-refractivity contribution in [2.24, 2.45) is 5.92 Å². The Hall–Kier alpha value is -0.610. The molecule has 2 unspecified atom stereocenters. The van der Waals surface area contributed by atoms with Crippen LogP contribution in [0.2, 0.25) is 0 Å². The van der Waals surface area contributed by atoms with Crippen molar-refractivity contribution in [1.29, 1.82) is 0 Å². The first kappa shape index (κ1) is 13.4. The maximum Gasteiger partial charge on any atom is 0.248 e. The Morgan fingerprint density at radius 2 is 1.89 bits per heavy atom. The van der Waals surface area contributed by atoms with Crippen molar-refractivity contribution in [2.75, 3.05) is 26.2 Å². The molecule has 19 heavy (non-hydrogen) atoms.